The largest absolute Gasteiger partial charge is 0.380 e. The van der Waals surface area contributed by atoms with Gasteiger partial charge in [-0.15, -0.1) is 0 Å². The van der Waals surface area contributed by atoms with Crippen LogP contribution in [0.2, 0.25) is 0 Å². The third kappa shape index (κ3) is 6.95. The van der Waals surface area contributed by atoms with Gasteiger partial charge in [0.05, 0.1) is 6.61 Å². The maximum Gasteiger partial charge on any atom is 0.0590 e. The Morgan fingerprint density at radius 2 is 1.23 bits per heavy atom. The highest BCUT2D eigenvalue weighted by molar-refractivity contribution is 4.56. The SMILES string of the molecule is C1CNCCNCCNCCOC1. The number of ether oxygens (including phenoxy) is 1. The molecule has 0 amide bonds. The molecule has 1 aliphatic heterocycles. The summed E-state index contributed by atoms with van der Waals surface area (Å²) >= 11 is 0. The summed E-state index contributed by atoms with van der Waals surface area (Å²) in [5.41, 5.74) is 0. The minimum atomic E-state index is 0.833. The van der Waals surface area contributed by atoms with Crippen LogP contribution in [0.4, 0.5) is 0 Å². The maximum absolute atomic E-state index is 5.42. The average Bonchev–Trinajstić information content (AvgIpc) is 2.18. The quantitative estimate of drug-likeness (QED) is 0.463. The molecule has 78 valence electrons. The zero-order valence-electron chi connectivity index (χ0n) is 8.27. The van der Waals surface area contributed by atoms with Crippen molar-refractivity contribution in [3.05, 3.63) is 0 Å². The maximum atomic E-state index is 5.42. The Bertz CT molecular complexity index is 62.9. The summed E-state index contributed by atoms with van der Waals surface area (Å²) in [5, 5.41) is 10.0. The van der Waals surface area contributed by atoms with Crippen molar-refractivity contribution in [1.29, 1.82) is 0 Å². The summed E-state index contributed by atoms with van der Waals surface area (Å²) in [4.78, 5) is 0. The van der Waals surface area contributed by atoms with E-state index in [-0.39, 0.29) is 0 Å². The van der Waals surface area contributed by atoms with Gasteiger partial charge in [-0.2, -0.15) is 0 Å². The highest BCUT2D eigenvalue weighted by Gasteiger charge is 1.93. The molecule has 1 rings (SSSR count). The highest BCUT2D eigenvalue weighted by atomic mass is 16.5. The van der Waals surface area contributed by atoms with Gasteiger partial charge in [-0.25, -0.2) is 0 Å². The summed E-state index contributed by atoms with van der Waals surface area (Å²) < 4.78 is 5.42. The van der Waals surface area contributed by atoms with Crippen molar-refractivity contribution in [2.45, 2.75) is 6.42 Å². The van der Waals surface area contributed by atoms with Gasteiger partial charge < -0.3 is 20.7 Å². The fourth-order valence-electron chi connectivity index (χ4n) is 1.27. The van der Waals surface area contributed by atoms with Gasteiger partial charge in [0.2, 0.25) is 0 Å². The topological polar surface area (TPSA) is 45.3 Å². The first kappa shape index (κ1) is 10.9. The van der Waals surface area contributed by atoms with E-state index in [2.05, 4.69) is 16.0 Å². The van der Waals surface area contributed by atoms with Crippen LogP contribution in [-0.2, 0) is 4.74 Å². The van der Waals surface area contributed by atoms with Crippen molar-refractivity contribution in [2.24, 2.45) is 0 Å². The van der Waals surface area contributed by atoms with Crippen LogP contribution in [0.25, 0.3) is 0 Å². The second-order valence-electron chi connectivity index (χ2n) is 3.22. The van der Waals surface area contributed by atoms with Crippen molar-refractivity contribution in [3.63, 3.8) is 0 Å². The predicted octanol–water partition coefficient (Wildman–Crippen LogP) is -0.824. The minimum Gasteiger partial charge on any atom is -0.380 e. The van der Waals surface area contributed by atoms with E-state index in [9.17, 15) is 0 Å². The minimum absolute atomic E-state index is 0.833. The lowest BCUT2D eigenvalue weighted by molar-refractivity contribution is 0.134. The Morgan fingerprint density at radius 3 is 2.00 bits per heavy atom. The summed E-state index contributed by atoms with van der Waals surface area (Å²) in [6.45, 7) is 7.93. The van der Waals surface area contributed by atoms with E-state index in [1.54, 1.807) is 0 Å². The fourth-order valence-corrected chi connectivity index (χ4v) is 1.27. The molecule has 13 heavy (non-hydrogen) atoms. The molecule has 0 aromatic heterocycles. The van der Waals surface area contributed by atoms with Crippen LogP contribution >= 0.6 is 0 Å². The van der Waals surface area contributed by atoms with Crippen LogP contribution in [0.3, 0.4) is 0 Å². The van der Waals surface area contributed by atoms with Crippen LogP contribution in [0.15, 0.2) is 0 Å². The van der Waals surface area contributed by atoms with Gasteiger partial charge in [-0.05, 0) is 13.0 Å². The van der Waals surface area contributed by atoms with E-state index in [1.165, 1.54) is 0 Å². The number of nitrogens with one attached hydrogen (secondary N) is 3. The number of rotatable bonds is 0. The zero-order chi connectivity index (χ0) is 9.19. The third-order valence-corrected chi connectivity index (χ3v) is 2.02. The summed E-state index contributed by atoms with van der Waals surface area (Å²) in [6.07, 6.45) is 1.11. The van der Waals surface area contributed by atoms with Crippen LogP contribution in [-0.4, -0.2) is 52.5 Å². The lowest BCUT2D eigenvalue weighted by atomic mass is 10.4. The van der Waals surface area contributed by atoms with Crippen molar-refractivity contribution < 1.29 is 4.74 Å². The van der Waals surface area contributed by atoms with Crippen molar-refractivity contribution in [2.75, 3.05) is 52.5 Å². The molecule has 4 heteroatoms. The van der Waals surface area contributed by atoms with Gasteiger partial charge in [0.1, 0.15) is 0 Å². The molecular weight excluding hydrogens is 166 g/mol. The van der Waals surface area contributed by atoms with Crippen LogP contribution in [0.1, 0.15) is 6.42 Å². The molecule has 0 atom stereocenters. The average molecular weight is 187 g/mol. The van der Waals surface area contributed by atoms with Gasteiger partial charge in [-0.3, -0.25) is 0 Å². The normalized spacial score (nSPS) is 24.0. The van der Waals surface area contributed by atoms with E-state index >= 15 is 0 Å². The molecule has 1 saturated heterocycles. The van der Waals surface area contributed by atoms with E-state index in [1.807, 2.05) is 0 Å². The van der Waals surface area contributed by atoms with Gasteiger partial charge in [0, 0.05) is 39.3 Å². The molecule has 0 unspecified atom stereocenters. The van der Waals surface area contributed by atoms with Crippen molar-refractivity contribution >= 4 is 0 Å². The Hall–Kier alpha value is -0.160. The van der Waals surface area contributed by atoms with Crippen LogP contribution in [0, 0.1) is 0 Å². The standard InChI is InChI=1S/C9H21N3O/c1-2-10-3-4-11-5-6-12-7-9-13-8-1/h10-12H,1-9H2. The van der Waals surface area contributed by atoms with Crippen molar-refractivity contribution in [1.82, 2.24) is 16.0 Å². The molecule has 0 aliphatic carbocycles. The van der Waals surface area contributed by atoms with Crippen LogP contribution in [0.5, 0.6) is 0 Å². The van der Waals surface area contributed by atoms with E-state index < -0.39 is 0 Å². The monoisotopic (exact) mass is 187 g/mol. The second kappa shape index (κ2) is 8.44. The molecule has 0 aromatic carbocycles. The van der Waals surface area contributed by atoms with Crippen LogP contribution < -0.4 is 16.0 Å². The zero-order valence-corrected chi connectivity index (χ0v) is 8.27. The van der Waals surface area contributed by atoms with E-state index in [0.29, 0.717) is 0 Å². The van der Waals surface area contributed by atoms with Gasteiger partial charge in [-0.1, -0.05) is 0 Å². The molecular formula is C9H21N3O. The van der Waals surface area contributed by atoms with Gasteiger partial charge in [0.25, 0.3) is 0 Å². The molecule has 1 fully saturated rings. The first-order valence-corrected chi connectivity index (χ1v) is 5.20. The number of hydrogen-bond donors (Lipinski definition) is 3. The lowest BCUT2D eigenvalue weighted by Crippen LogP contribution is -2.33. The molecule has 0 bridgehead atoms. The van der Waals surface area contributed by atoms with Gasteiger partial charge >= 0.3 is 0 Å². The predicted molar refractivity (Wildman–Crippen MR) is 54.0 cm³/mol. The molecule has 1 aliphatic rings. The summed E-state index contributed by atoms with van der Waals surface area (Å²) in [6, 6.07) is 0. The van der Waals surface area contributed by atoms with E-state index in [0.717, 1.165) is 58.9 Å². The number of hydrogen-bond acceptors (Lipinski definition) is 4. The molecule has 0 saturated carbocycles. The smallest absolute Gasteiger partial charge is 0.0590 e. The Morgan fingerprint density at radius 1 is 0.615 bits per heavy atom. The third-order valence-electron chi connectivity index (χ3n) is 2.02. The Kier molecular flexibility index (Phi) is 7.09. The molecule has 3 N–H and O–H groups in total. The summed E-state index contributed by atoms with van der Waals surface area (Å²) in [5.74, 6) is 0. The van der Waals surface area contributed by atoms with E-state index in [4.69, 9.17) is 4.74 Å². The highest BCUT2D eigenvalue weighted by Crippen LogP contribution is 1.80. The molecule has 0 radical (unpaired) electrons. The summed E-state index contributed by atoms with van der Waals surface area (Å²) in [7, 11) is 0. The Labute approximate surface area is 80.4 Å². The van der Waals surface area contributed by atoms with Crippen molar-refractivity contribution in [3.8, 4) is 0 Å². The molecule has 1 heterocycles. The lowest BCUT2D eigenvalue weighted by Gasteiger charge is -2.05. The molecule has 4 nitrogen and oxygen atoms in total. The first-order chi connectivity index (χ1) is 6.50. The molecule has 0 aromatic rings. The second-order valence-corrected chi connectivity index (χ2v) is 3.22. The first-order valence-electron chi connectivity index (χ1n) is 5.20. The Balaban J connectivity index is 2.01. The van der Waals surface area contributed by atoms with Gasteiger partial charge in [0.15, 0.2) is 0 Å². The molecule has 0 spiro atoms. The fraction of sp³-hybridized carbons (Fsp3) is 1.00.